The largest absolute Gasteiger partial charge is 0.489 e. The van der Waals surface area contributed by atoms with E-state index in [0.29, 0.717) is 52.7 Å². The molecular formula is C49H49N5O6. The van der Waals surface area contributed by atoms with Gasteiger partial charge < -0.3 is 34.9 Å². The molecule has 5 aromatic carbocycles. The van der Waals surface area contributed by atoms with E-state index in [9.17, 15) is 14.4 Å². The van der Waals surface area contributed by atoms with Crippen LogP contribution in [0.5, 0.6) is 5.75 Å². The first-order chi connectivity index (χ1) is 28.9. The van der Waals surface area contributed by atoms with Gasteiger partial charge in [0, 0.05) is 48.5 Å². The Bertz CT molecular complexity index is 2460. The third-order valence-corrected chi connectivity index (χ3v) is 10.3. The van der Waals surface area contributed by atoms with Gasteiger partial charge in [0.1, 0.15) is 18.0 Å². The molecule has 1 aliphatic heterocycles. The molecule has 0 radical (unpaired) electrons. The first-order valence-corrected chi connectivity index (χ1v) is 20.0. The van der Waals surface area contributed by atoms with Crippen molar-refractivity contribution in [3.8, 4) is 11.4 Å². The van der Waals surface area contributed by atoms with E-state index in [2.05, 4.69) is 16.0 Å². The Morgan fingerprint density at radius 2 is 1.37 bits per heavy atom. The molecule has 11 heteroatoms. The van der Waals surface area contributed by atoms with Crippen molar-refractivity contribution in [1.29, 1.82) is 0 Å². The predicted molar refractivity (Wildman–Crippen MR) is 232 cm³/mol. The van der Waals surface area contributed by atoms with E-state index in [0.717, 1.165) is 16.7 Å². The summed E-state index contributed by atoms with van der Waals surface area (Å²) < 4.78 is 13.6. The third kappa shape index (κ3) is 10.1. The summed E-state index contributed by atoms with van der Waals surface area (Å²) in [4.78, 5) is 58.0. The van der Waals surface area contributed by atoms with E-state index >= 15 is 4.79 Å². The van der Waals surface area contributed by atoms with Gasteiger partial charge in [-0.2, -0.15) is 0 Å². The van der Waals surface area contributed by atoms with Crippen molar-refractivity contribution < 1.29 is 28.7 Å². The number of carbonyl (C=O) groups is 4. The molecule has 1 aromatic heterocycles. The number of hydrogen-bond acceptors (Lipinski definition) is 6. The number of carbonyl (C=O) groups excluding carboxylic acids is 4. The lowest BCUT2D eigenvalue weighted by molar-refractivity contribution is -0.121. The third-order valence-electron chi connectivity index (χ3n) is 10.3. The number of para-hydroxylation sites is 2. The number of aromatic nitrogens is 1. The van der Waals surface area contributed by atoms with Gasteiger partial charge in [0.2, 0.25) is 5.91 Å². The maximum Gasteiger partial charge on any atom is 0.407 e. The second kappa shape index (κ2) is 18.2. The lowest BCUT2D eigenvalue weighted by Gasteiger charge is -2.41. The predicted octanol–water partition coefficient (Wildman–Crippen LogP) is 8.96. The number of nitrogens with zero attached hydrogens (tertiary/aromatic N) is 2. The first-order valence-electron chi connectivity index (χ1n) is 20.0. The van der Waals surface area contributed by atoms with Crippen LogP contribution in [0.4, 0.5) is 16.2 Å². The van der Waals surface area contributed by atoms with Crippen molar-refractivity contribution in [2.75, 3.05) is 17.2 Å². The average molecular weight is 804 g/mol. The minimum atomic E-state index is -0.895. The van der Waals surface area contributed by atoms with Gasteiger partial charge in [0.05, 0.1) is 22.7 Å². The van der Waals surface area contributed by atoms with Gasteiger partial charge >= 0.3 is 6.09 Å². The summed E-state index contributed by atoms with van der Waals surface area (Å²) in [5, 5.41) is 8.78. The Kier molecular flexibility index (Phi) is 12.4. The molecule has 3 N–H and O–H groups in total. The molecule has 2 heterocycles. The van der Waals surface area contributed by atoms with Crippen LogP contribution in [0.1, 0.15) is 63.9 Å². The molecule has 60 heavy (non-hydrogen) atoms. The maximum absolute atomic E-state index is 15.4. The molecule has 306 valence electrons. The summed E-state index contributed by atoms with van der Waals surface area (Å²) >= 11 is 0. The Hall–Kier alpha value is -7.14. The van der Waals surface area contributed by atoms with Crippen LogP contribution >= 0.6 is 0 Å². The van der Waals surface area contributed by atoms with Crippen LogP contribution in [0.3, 0.4) is 0 Å². The first kappa shape index (κ1) is 41.0. The van der Waals surface area contributed by atoms with Crippen molar-refractivity contribution in [1.82, 2.24) is 14.8 Å². The number of alkyl carbamates (subject to hydrolysis) is 1. The van der Waals surface area contributed by atoms with Gasteiger partial charge in [-0.15, -0.1) is 0 Å². The van der Waals surface area contributed by atoms with Crippen LogP contribution in [0, 0.1) is 12.8 Å². The van der Waals surface area contributed by atoms with E-state index in [1.165, 1.54) is 0 Å². The number of anilines is 2. The quantitative estimate of drug-likeness (QED) is 0.113. The lowest BCUT2D eigenvalue weighted by atomic mass is 9.85. The minimum absolute atomic E-state index is 0.0973. The van der Waals surface area contributed by atoms with E-state index in [4.69, 9.17) is 9.47 Å². The second-order valence-electron chi connectivity index (χ2n) is 15.8. The smallest absolute Gasteiger partial charge is 0.407 e. The Labute approximate surface area is 350 Å². The van der Waals surface area contributed by atoms with E-state index in [1.54, 1.807) is 68.3 Å². The van der Waals surface area contributed by atoms with Gasteiger partial charge in [0.25, 0.3) is 11.8 Å². The number of nitrogens with one attached hydrogen (secondary N) is 3. The van der Waals surface area contributed by atoms with Crippen LogP contribution < -0.4 is 20.7 Å². The highest BCUT2D eigenvalue weighted by Gasteiger charge is 2.40. The fraction of sp³-hybridized carbons (Fsp3) is 0.224. The van der Waals surface area contributed by atoms with Gasteiger partial charge in [-0.25, -0.2) is 4.79 Å². The monoisotopic (exact) mass is 803 g/mol. The summed E-state index contributed by atoms with van der Waals surface area (Å²) in [6.07, 6.45) is 1.40. The van der Waals surface area contributed by atoms with Crippen molar-refractivity contribution in [2.45, 2.75) is 58.9 Å². The van der Waals surface area contributed by atoms with E-state index < -0.39 is 23.7 Å². The second-order valence-corrected chi connectivity index (χ2v) is 15.8. The van der Waals surface area contributed by atoms with Gasteiger partial charge in [-0.05, 0) is 93.3 Å². The molecular weight excluding hydrogens is 755 g/mol. The highest BCUT2D eigenvalue weighted by Crippen LogP contribution is 2.33. The summed E-state index contributed by atoms with van der Waals surface area (Å²) in [6, 6.07) is 42.3. The summed E-state index contributed by atoms with van der Waals surface area (Å²) in [6.45, 7) is 7.60. The molecule has 4 amide bonds. The molecule has 1 unspecified atom stereocenters. The number of amides is 4. The summed E-state index contributed by atoms with van der Waals surface area (Å²) in [5.74, 6) is -1.37. The maximum atomic E-state index is 15.4. The molecule has 0 aliphatic carbocycles. The SMILES string of the molecule is Cc1cc(C(=O)Nc2ccccc2)cn1-c1cc(OCc2ccccc2)ccc1C(=O)N1Cc2ccccc2C[C@H]1C(CNC(=O)OC(C)(C)C)C(=O)Nc1ccccc1. The van der Waals surface area contributed by atoms with E-state index in [-0.39, 0.29) is 30.8 Å². The average Bonchev–Trinajstić information content (AvgIpc) is 3.64. The van der Waals surface area contributed by atoms with Crippen molar-refractivity contribution >= 4 is 35.2 Å². The number of hydrogen-bond donors (Lipinski definition) is 3. The van der Waals surface area contributed by atoms with Crippen molar-refractivity contribution in [3.05, 3.63) is 179 Å². The molecule has 11 nitrogen and oxygen atoms in total. The highest BCUT2D eigenvalue weighted by atomic mass is 16.6. The molecule has 2 atom stereocenters. The molecule has 0 fully saturated rings. The molecule has 0 spiro atoms. The number of ether oxygens (including phenoxy) is 2. The Balaban J connectivity index is 1.28. The molecule has 1 aliphatic rings. The summed E-state index contributed by atoms with van der Waals surface area (Å²) in [7, 11) is 0. The van der Waals surface area contributed by atoms with Crippen LogP contribution in [0.2, 0.25) is 0 Å². The Morgan fingerprint density at radius 3 is 2.03 bits per heavy atom. The van der Waals surface area contributed by atoms with Crippen molar-refractivity contribution in [2.24, 2.45) is 5.92 Å². The van der Waals surface area contributed by atoms with Gasteiger partial charge in [-0.3, -0.25) is 14.4 Å². The highest BCUT2D eigenvalue weighted by molar-refractivity contribution is 6.05. The number of benzene rings is 5. The van der Waals surface area contributed by atoms with Gasteiger partial charge in [0.15, 0.2) is 0 Å². The topological polar surface area (TPSA) is 131 Å². The van der Waals surface area contributed by atoms with Crippen LogP contribution in [0.15, 0.2) is 146 Å². The standard InChI is InChI=1S/C49H49N5O6/c1-33-26-37(45(55)51-38-20-10-6-11-21-38)31-53(33)44-28-40(59-32-34-16-8-5-9-17-34)24-25-41(44)47(57)54-30-36-19-15-14-18-35(36)27-43(54)42(29-50-48(58)60-49(2,3)4)46(56)52-39-22-12-7-13-23-39/h5-26,28,31,42-43H,27,29-30,32H2,1-4H3,(H,50,58)(H,51,55)(H,52,56)/t42?,43-/m0/s1. The molecule has 0 saturated carbocycles. The molecule has 6 aromatic rings. The fourth-order valence-corrected chi connectivity index (χ4v) is 7.35. The lowest BCUT2D eigenvalue weighted by Crippen LogP contribution is -2.54. The molecule has 7 rings (SSSR count). The molecule has 0 saturated heterocycles. The van der Waals surface area contributed by atoms with Crippen LogP contribution in [-0.2, 0) is 29.1 Å². The normalized spacial score (nSPS) is 14.0. The number of rotatable bonds is 12. The van der Waals surface area contributed by atoms with E-state index in [1.807, 2.05) is 115 Å². The zero-order chi connectivity index (χ0) is 42.2. The Morgan fingerprint density at radius 1 is 0.750 bits per heavy atom. The zero-order valence-corrected chi connectivity index (χ0v) is 34.2. The number of fused-ring (bicyclic) bond motifs is 1. The van der Waals surface area contributed by atoms with Crippen LogP contribution in [0.25, 0.3) is 5.69 Å². The van der Waals surface area contributed by atoms with Crippen molar-refractivity contribution in [3.63, 3.8) is 0 Å². The zero-order valence-electron chi connectivity index (χ0n) is 34.2. The minimum Gasteiger partial charge on any atom is -0.489 e. The van der Waals surface area contributed by atoms with Crippen LogP contribution in [-0.4, -0.2) is 51.5 Å². The summed E-state index contributed by atoms with van der Waals surface area (Å²) in [5.41, 5.74) is 5.36. The number of aryl methyl sites for hydroxylation is 1. The molecule has 0 bridgehead atoms. The van der Waals surface area contributed by atoms with Gasteiger partial charge in [-0.1, -0.05) is 91.0 Å². The fourth-order valence-electron chi connectivity index (χ4n) is 7.35.